The van der Waals surface area contributed by atoms with Gasteiger partial charge in [-0.15, -0.1) is 0 Å². The van der Waals surface area contributed by atoms with Crippen LogP contribution in [0.25, 0.3) is 6.20 Å². The van der Waals surface area contributed by atoms with Gasteiger partial charge in [-0.25, -0.2) is 9.07 Å². The number of amides is 1. The van der Waals surface area contributed by atoms with Gasteiger partial charge >= 0.3 is 12.4 Å². The van der Waals surface area contributed by atoms with Gasteiger partial charge in [-0.3, -0.25) is 4.79 Å². The number of alkyl halides is 6. The van der Waals surface area contributed by atoms with Crippen molar-refractivity contribution >= 4 is 17.8 Å². The maximum absolute atomic E-state index is 13.0. The standard InChI is InChI=1S/C15H7F7N4O/c16-8-6-24-26(7-8)2-1-13(27)25-9-3-11(14(17,18)19)10(5-23)12(4-9)15(20,21)22/h1-4,6-7H,(H,25,27)/b2-1+. The number of anilines is 1. The van der Waals surface area contributed by atoms with Crippen LogP contribution in [0.2, 0.25) is 0 Å². The minimum Gasteiger partial charge on any atom is -0.322 e. The van der Waals surface area contributed by atoms with Gasteiger partial charge in [0.25, 0.3) is 0 Å². The molecule has 1 aromatic heterocycles. The summed E-state index contributed by atoms with van der Waals surface area (Å²) in [5.41, 5.74) is -6.10. The van der Waals surface area contributed by atoms with E-state index in [0.29, 0.717) is 6.08 Å². The highest BCUT2D eigenvalue weighted by Crippen LogP contribution is 2.41. The molecule has 27 heavy (non-hydrogen) atoms. The number of nitrogens with zero attached hydrogens (tertiary/aromatic N) is 3. The molecule has 1 amide bonds. The topological polar surface area (TPSA) is 70.7 Å². The molecule has 1 N–H and O–H groups in total. The first-order valence-electron chi connectivity index (χ1n) is 6.83. The third-order valence-electron chi connectivity index (χ3n) is 3.08. The van der Waals surface area contributed by atoms with Crippen LogP contribution in [-0.4, -0.2) is 15.7 Å². The highest BCUT2D eigenvalue weighted by atomic mass is 19.4. The summed E-state index contributed by atoms with van der Waals surface area (Å²) in [5.74, 6) is -1.83. The van der Waals surface area contributed by atoms with Gasteiger partial charge in [0, 0.05) is 18.0 Å². The second-order valence-corrected chi connectivity index (χ2v) is 5.00. The van der Waals surface area contributed by atoms with E-state index in [1.54, 1.807) is 0 Å². The van der Waals surface area contributed by atoms with E-state index < -0.39 is 46.5 Å². The lowest BCUT2D eigenvalue weighted by atomic mass is 9.99. The predicted octanol–water partition coefficient (Wildman–Crippen LogP) is 4.04. The second kappa shape index (κ2) is 7.10. The maximum atomic E-state index is 13.0. The first-order chi connectivity index (χ1) is 12.4. The molecular formula is C15H7F7N4O. The lowest BCUT2D eigenvalue weighted by Crippen LogP contribution is -2.17. The Balaban J connectivity index is 2.40. The van der Waals surface area contributed by atoms with Crippen molar-refractivity contribution in [2.24, 2.45) is 0 Å². The quantitative estimate of drug-likeness (QED) is 0.633. The van der Waals surface area contributed by atoms with Crippen molar-refractivity contribution in [2.45, 2.75) is 12.4 Å². The summed E-state index contributed by atoms with van der Waals surface area (Å²) >= 11 is 0. The van der Waals surface area contributed by atoms with E-state index in [9.17, 15) is 35.5 Å². The molecule has 2 aromatic rings. The normalized spacial score (nSPS) is 12.2. The van der Waals surface area contributed by atoms with Crippen LogP contribution in [0.5, 0.6) is 0 Å². The van der Waals surface area contributed by atoms with Crippen molar-refractivity contribution in [3.8, 4) is 6.07 Å². The first-order valence-corrected chi connectivity index (χ1v) is 6.83. The Morgan fingerprint density at radius 1 is 1.15 bits per heavy atom. The van der Waals surface area contributed by atoms with Gasteiger partial charge in [0.2, 0.25) is 5.91 Å². The van der Waals surface area contributed by atoms with Crippen molar-refractivity contribution in [2.75, 3.05) is 5.32 Å². The molecule has 0 fully saturated rings. The Morgan fingerprint density at radius 3 is 2.11 bits per heavy atom. The zero-order valence-corrected chi connectivity index (χ0v) is 12.9. The molecule has 0 radical (unpaired) electrons. The van der Waals surface area contributed by atoms with Gasteiger partial charge in [0.1, 0.15) is 6.07 Å². The smallest absolute Gasteiger partial charge is 0.322 e. The van der Waals surface area contributed by atoms with E-state index in [1.807, 2.05) is 5.32 Å². The van der Waals surface area contributed by atoms with E-state index in [0.717, 1.165) is 29.3 Å². The highest BCUT2D eigenvalue weighted by Gasteiger charge is 2.41. The molecule has 1 aromatic carbocycles. The number of carbonyl (C=O) groups is 1. The van der Waals surface area contributed by atoms with Crippen LogP contribution >= 0.6 is 0 Å². The van der Waals surface area contributed by atoms with Crippen molar-refractivity contribution in [1.82, 2.24) is 9.78 Å². The fourth-order valence-electron chi connectivity index (χ4n) is 2.01. The van der Waals surface area contributed by atoms with Gasteiger partial charge in [-0.2, -0.15) is 36.7 Å². The Hall–Kier alpha value is -3.36. The van der Waals surface area contributed by atoms with E-state index in [-0.39, 0.29) is 12.1 Å². The number of carbonyl (C=O) groups excluding carboxylic acids is 1. The molecule has 12 heteroatoms. The molecule has 0 aliphatic rings. The van der Waals surface area contributed by atoms with Crippen molar-refractivity contribution in [3.05, 3.63) is 53.1 Å². The summed E-state index contributed by atoms with van der Waals surface area (Å²) in [5, 5.41) is 14.0. The molecule has 0 saturated heterocycles. The summed E-state index contributed by atoms with van der Waals surface area (Å²) in [7, 11) is 0. The molecule has 0 atom stereocenters. The number of hydrogen-bond donors (Lipinski definition) is 1. The van der Waals surface area contributed by atoms with Gasteiger partial charge in [-0.05, 0) is 12.1 Å². The Kier molecular flexibility index (Phi) is 5.25. The summed E-state index contributed by atoms with van der Waals surface area (Å²) in [4.78, 5) is 11.7. The summed E-state index contributed by atoms with van der Waals surface area (Å²) < 4.78 is 91.6. The first kappa shape index (κ1) is 20.0. The minimum atomic E-state index is -5.26. The molecule has 0 bridgehead atoms. The third kappa shape index (κ3) is 4.84. The van der Waals surface area contributed by atoms with Crippen LogP contribution in [0, 0.1) is 17.1 Å². The van der Waals surface area contributed by atoms with Crippen LogP contribution in [0.1, 0.15) is 16.7 Å². The highest BCUT2D eigenvalue weighted by molar-refractivity contribution is 6.01. The largest absolute Gasteiger partial charge is 0.417 e. The zero-order chi connectivity index (χ0) is 20.4. The third-order valence-corrected chi connectivity index (χ3v) is 3.08. The van der Waals surface area contributed by atoms with Crippen LogP contribution in [0.15, 0.2) is 30.6 Å². The molecule has 0 aliphatic carbocycles. The molecule has 1 heterocycles. The minimum absolute atomic E-state index is 0.215. The molecule has 0 unspecified atom stereocenters. The van der Waals surface area contributed by atoms with E-state index >= 15 is 0 Å². The number of rotatable bonds is 3. The molecule has 0 spiro atoms. The number of halogens is 7. The van der Waals surface area contributed by atoms with Crippen LogP contribution in [-0.2, 0) is 17.1 Å². The fraction of sp³-hybridized carbons (Fsp3) is 0.133. The monoisotopic (exact) mass is 392 g/mol. The fourth-order valence-corrected chi connectivity index (χ4v) is 2.01. The molecule has 142 valence electrons. The molecule has 5 nitrogen and oxygen atoms in total. The number of nitriles is 1. The molecule has 0 saturated carbocycles. The van der Waals surface area contributed by atoms with E-state index in [4.69, 9.17) is 5.26 Å². The summed E-state index contributed by atoms with van der Waals surface area (Å²) in [6, 6.07) is 1.32. The Labute approximate surface area is 146 Å². The zero-order valence-electron chi connectivity index (χ0n) is 12.9. The molecule has 0 aliphatic heterocycles. The number of hydrogen-bond acceptors (Lipinski definition) is 3. The number of aromatic nitrogens is 2. The number of nitrogens with one attached hydrogen (secondary N) is 1. The Morgan fingerprint density at radius 2 is 1.70 bits per heavy atom. The Bertz CT molecular complexity index is 900. The predicted molar refractivity (Wildman–Crippen MR) is 77.3 cm³/mol. The van der Waals surface area contributed by atoms with Gasteiger partial charge in [-0.1, -0.05) is 0 Å². The van der Waals surface area contributed by atoms with Crippen LogP contribution in [0.4, 0.5) is 36.4 Å². The second-order valence-electron chi connectivity index (χ2n) is 5.00. The average molecular weight is 392 g/mol. The van der Waals surface area contributed by atoms with Gasteiger partial charge < -0.3 is 5.32 Å². The van der Waals surface area contributed by atoms with Gasteiger partial charge in [0.15, 0.2) is 5.82 Å². The number of benzene rings is 1. The van der Waals surface area contributed by atoms with Crippen molar-refractivity contribution < 1.29 is 35.5 Å². The lowest BCUT2D eigenvalue weighted by molar-refractivity contribution is -0.143. The average Bonchev–Trinajstić information content (AvgIpc) is 2.96. The van der Waals surface area contributed by atoms with Gasteiger partial charge in [0.05, 0.1) is 29.1 Å². The van der Waals surface area contributed by atoms with Crippen LogP contribution in [0.3, 0.4) is 0 Å². The molecular weight excluding hydrogens is 385 g/mol. The summed E-state index contributed by atoms with van der Waals surface area (Å²) in [6.07, 6.45) is -7.19. The molecule has 2 rings (SSSR count). The van der Waals surface area contributed by atoms with Crippen molar-refractivity contribution in [1.29, 1.82) is 5.26 Å². The SMILES string of the molecule is N#Cc1c(C(F)(F)F)cc(NC(=O)/C=C/n2cc(F)cn2)cc1C(F)(F)F. The van der Waals surface area contributed by atoms with E-state index in [2.05, 4.69) is 5.10 Å². The maximum Gasteiger partial charge on any atom is 0.417 e. The van der Waals surface area contributed by atoms with Crippen molar-refractivity contribution in [3.63, 3.8) is 0 Å². The van der Waals surface area contributed by atoms with Crippen LogP contribution < -0.4 is 5.32 Å². The van der Waals surface area contributed by atoms with E-state index in [1.165, 1.54) is 0 Å². The summed E-state index contributed by atoms with van der Waals surface area (Å²) in [6.45, 7) is 0. The lowest BCUT2D eigenvalue weighted by Gasteiger charge is -2.16.